The zero-order valence-corrected chi connectivity index (χ0v) is 7.80. The smallest absolute Gasteiger partial charge is 0.173 e. The van der Waals surface area contributed by atoms with E-state index in [1.807, 2.05) is 6.20 Å². The molecule has 0 aliphatic heterocycles. The molecule has 0 spiro atoms. The predicted molar refractivity (Wildman–Crippen MR) is 49.3 cm³/mol. The van der Waals surface area contributed by atoms with E-state index >= 15 is 0 Å². The highest BCUT2D eigenvalue weighted by atomic mass is 32.1. The van der Waals surface area contributed by atoms with E-state index in [1.165, 1.54) is 0 Å². The first kappa shape index (κ1) is 7.61. The van der Waals surface area contributed by atoms with E-state index in [4.69, 9.17) is 0 Å². The van der Waals surface area contributed by atoms with Gasteiger partial charge in [0.25, 0.3) is 0 Å². The van der Waals surface area contributed by atoms with E-state index < -0.39 is 0 Å². The maximum Gasteiger partial charge on any atom is 0.173 e. The lowest BCUT2D eigenvalue weighted by molar-refractivity contribution is 0.781. The molecule has 0 atom stereocenters. The zero-order chi connectivity index (χ0) is 8.55. The van der Waals surface area contributed by atoms with Gasteiger partial charge in [-0.15, -0.1) is 11.3 Å². The van der Waals surface area contributed by atoms with Crippen LogP contribution in [0.2, 0.25) is 0 Å². The minimum Gasteiger partial charge on any atom is -0.239 e. The van der Waals surface area contributed by atoms with E-state index in [-0.39, 0.29) is 0 Å². The van der Waals surface area contributed by atoms with Crippen molar-refractivity contribution in [2.75, 3.05) is 0 Å². The number of thiazole rings is 1. The molecular formula is C8H9N3S. The minimum absolute atomic E-state index is 0.371. The quantitative estimate of drug-likeness (QED) is 0.673. The summed E-state index contributed by atoms with van der Waals surface area (Å²) in [4.78, 5) is 12.7. The number of hydrogen-bond acceptors (Lipinski definition) is 4. The van der Waals surface area contributed by atoms with Crippen molar-refractivity contribution in [1.29, 1.82) is 0 Å². The Labute approximate surface area is 74.5 Å². The number of fused-ring (bicyclic) bond motifs is 1. The van der Waals surface area contributed by atoms with Crippen LogP contribution in [0.4, 0.5) is 0 Å². The first-order chi connectivity index (χ1) is 5.77. The average Bonchev–Trinajstić information content (AvgIpc) is 2.49. The fourth-order valence-electron chi connectivity index (χ4n) is 0.962. The summed E-state index contributed by atoms with van der Waals surface area (Å²) in [5.74, 6) is 1.24. The van der Waals surface area contributed by atoms with Gasteiger partial charge >= 0.3 is 0 Å². The summed E-state index contributed by atoms with van der Waals surface area (Å²) in [5, 5.41) is 0. The Morgan fingerprint density at radius 2 is 2.17 bits per heavy atom. The van der Waals surface area contributed by atoms with Crippen LogP contribution in [-0.2, 0) is 0 Å². The van der Waals surface area contributed by atoms with Crippen LogP contribution in [-0.4, -0.2) is 15.0 Å². The van der Waals surface area contributed by atoms with Gasteiger partial charge in [0.1, 0.15) is 5.82 Å². The molecule has 2 rings (SSSR count). The molecule has 0 amide bonds. The molecular weight excluding hydrogens is 170 g/mol. The highest BCUT2D eigenvalue weighted by molar-refractivity contribution is 7.16. The minimum atomic E-state index is 0.371. The Balaban J connectivity index is 2.60. The lowest BCUT2D eigenvalue weighted by atomic mass is 10.2. The molecule has 12 heavy (non-hydrogen) atoms. The second kappa shape index (κ2) is 2.79. The van der Waals surface area contributed by atoms with Crippen molar-refractivity contribution in [3.05, 3.63) is 17.5 Å². The molecule has 3 nitrogen and oxygen atoms in total. The van der Waals surface area contributed by atoms with Crippen LogP contribution in [0.1, 0.15) is 25.6 Å². The van der Waals surface area contributed by atoms with Crippen LogP contribution in [0.5, 0.6) is 0 Å². The molecule has 2 aromatic heterocycles. The first-order valence-corrected chi connectivity index (χ1v) is 4.71. The van der Waals surface area contributed by atoms with Crippen LogP contribution < -0.4 is 0 Å². The molecule has 0 saturated carbocycles. The molecule has 0 saturated heterocycles. The van der Waals surface area contributed by atoms with Gasteiger partial charge in [-0.2, -0.15) is 0 Å². The van der Waals surface area contributed by atoms with E-state index in [1.54, 1.807) is 16.8 Å². The third-order valence-electron chi connectivity index (χ3n) is 1.63. The summed E-state index contributed by atoms with van der Waals surface area (Å²) < 4.78 is 1.06. The van der Waals surface area contributed by atoms with Crippen molar-refractivity contribution in [1.82, 2.24) is 15.0 Å². The predicted octanol–water partition coefficient (Wildman–Crippen LogP) is 2.21. The number of nitrogens with zero attached hydrogens (tertiary/aromatic N) is 3. The first-order valence-electron chi connectivity index (χ1n) is 3.83. The van der Waals surface area contributed by atoms with E-state index in [0.29, 0.717) is 5.92 Å². The van der Waals surface area contributed by atoms with Gasteiger partial charge in [0.2, 0.25) is 0 Å². The van der Waals surface area contributed by atoms with Gasteiger partial charge in [0.15, 0.2) is 5.65 Å². The van der Waals surface area contributed by atoms with Crippen LogP contribution in [0.25, 0.3) is 10.3 Å². The van der Waals surface area contributed by atoms with E-state index in [9.17, 15) is 0 Å². The topological polar surface area (TPSA) is 38.7 Å². The summed E-state index contributed by atoms with van der Waals surface area (Å²) in [6.45, 7) is 4.15. The second-order valence-electron chi connectivity index (χ2n) is 2.92. The van der Waals surface area contributed by atoms with Crippen LogP contribution in [0.3, 0.4) is 0 Å². The van der Waals surface area contributed by atoms with Gasteiger partial charge in [0.05, 0.1) is 16.4 Å². The molecule has 0 aliphatic rings. The standard InChI is InChI=1S/C8H9N3S/c1-5(2)7-9-3-6-8(11-7)10-4-12-6/h3-5H,1-2H3. The summed E-state index contributed by atoms with van der Waals surface area (Å²) >= 11 is 1.57. The molecule has 2 aromatic rings. The lowest BCUT2D eigenvalue weighted by Crippen LogP contribution is -1.95. The Morgan fingerprint density at radius 1 is 1.33 bits per heavy atom. The third kappa shape index (κ3) is 1.18. The second-order valence-corrected chi connectivity index (χ2v) is 3.81. The van der Waals surface area contributed by atoms with Gasteiger partial charge in [-0.25, -0.2) is 15.0 Å². The maximum atomic E-state index is 4.32. The highest BCUT2D eigenvalue weighted by Gasteiger charge is 2.04. The molecule has 0 N–H and O–H groups in total. The lowest BCUT2D eigenvalue weighted by Gasteiger charge is -2.00. The Kier molecular flexibility index (Phi) is 1.77. The average molecular weight is 179 g/mol. The molecule has 62 valence electrons. The van der Waals surface area contributed by atoms with E-state index in [0.717, 1.165) is 16.2 Å². The van der Waals surface area contributed by atoms with Gasteiger partial charge < -0.3 is 0 Å². The van der Waals surface area contributed by atoms with Crippen molar-refractivity contribution in [2.24, 2.45) is 0 Å². The molecule has 0 radical (unpaired) electrons. The maximum absolute atomic E-state index is 4.32. The molecule has 0 fully saturated rings. The number of rotatable bonds is 1. The van der Waals surface area contributed by atoms with Crippen molar-refractivity contribution in [2.45, 2.75) is 19.8 Å². The van der Waals surface area contributed by atoms with Crippen LogP contribution in [0.15, 0.2) is 11.7 Å². The van der Waals surface area contributed by atoms with Crippen LogP contribution >= 0.6 is 11.3 Å². The highest BCUT2D eigenvalue weighted by Crippen LogP contribution is 2.16. The number of hydrogen-bond donors (Lipinski definition) is 0. The summed E-state index contributed by atoms with van der Waals surface area (Å²) in [5.41, 5.74) is 2.61. The van der Waals surface area contributed by atoms with Crippen molar-refractivity contribution in [3.8, 4) is 0 Å². The molecule has 0 aliphatic carbocycles. The van der Waals surface area contributed by atoms with E-state index in [2.05, 4.69) is 28.8 Å². The molecule has 2 heterocycles. The zero-order valence-electron chi connectivity index (χ0n) is 6.98. The fourth-order valence-corrected chi connectivity index (χ4v) is 1.55. The van der Waals surface area contributed by atoms with Crippen LogP contribution in [0, 0.1) is 0 Å². The molecule has 0 bridgehead atoms. The number of aromatic nitrogens is 3. The molecule has 4 heteroatoms. The molecule has 0 aromatic carbocycles. The Bertz CT molecular complexity index is 394. The fraction of sp³-hybridized carbons (Fsp3) is 0.375. The third-order valence-corrected chi connectivity index (χ3v) is 2.38. The Hall–Kier alpha value is -1.03. The van der Waals surface area contributed by atoms with Crippen molar-refractivity contribution in [3.63, 3.8) is 0 Å². The monoisotopic (exact) mass is 179 g/mol. The summed E-state index contributed by atoms with van der Waals surface area (Å²) in [6, 6.07) is 0. The largest absolute Gasteiger partial charge is 0.239 e. The summed E-state index contributed by atoms with van der Waals surface area (Å²) in [7, 11) is 0. The summed E-state index contributed by atoms with van der Waals surface area (Å²) in [6.07, 6.45) is 1.84. The van der Waals surface area contributed by atoms with Gasteiger partial charge in [0, 0.05) is 5.92 Å². The van der Waals surface area contributed by atoms with Crippen molar-refractivity contribution >= 4 is 21.7 Å². The SMILES string of the molecule is CC(C)c1ncc2scnc2n1. The van der Waals surface area contributed by atoms with Gasteiger partial charge in [-0.1, -0.05) is 13.8 Å². The van der Waals surface area contributed by atoms with Gasteiger partial charge in [-0.3, -0.25) is 0 Å². The molecule has 0 unspecified atom stereocenters. The van der Waals surface area contributed by atoms with Crippen molar-refractivity contribution < 1.29 is 0 Å². The normalized spacial score (nSPS) is 11.2. The Morgan fingerprint density at radius 3 is 2.92 bits per heavy atom. The van der Waals surface area contributed by atoms with Gasteiger partial charge in [-0.05, 0) is 0 Å².